The zero-order valence-corrected chi connectivity index (χ0v) is 5.27. The summed E-state index contributed by atoms with van der Waals surface area (Å²) >= 11 is 0. The van der Waals surface area contributed by atoms with Crippen molar-refractivity contribution in [2.24, 2.45) is 0 Å². The fourth-order valence-corrected chi connectivity index (χ4v) is 0.587. The second kappa shape index (κ2) is 2.45. The number of carbonyl (C=O) groups is 1. The van der Waals surface area contributed by atoms with Crippen LogP contribution >= 0.6 is 0 Å². The molecular formula is C6H4O5. The van der Waals surface area contributed by atoms with E-state index in [1.54, 1.807) is 0 Å². The first-order valence-corrected chi connectivity index (χ1v) is 2.67. The normalized spacial score (nSPS) is 9.45. The lowest BCUT2D eigenvalue weighted by atomic mass is 10.3. The van der Waals surface area contributed by atoms with E-state index < -0.39 is 17.5 Å². The summed E-state index contributed by atoms with van der Waals surface area (Å²) in [6.45, 7) is 0. The summed E-state index contributed by atoms with van der Waals surface area (Å²) in [7, 11) is 0. The molecule has 0 aliphatic carbocycles. The predicted molar refractivity (Wildman–Crippen MR) is 33.6 cm³/mol. The second-order valence-corrected chi connectivity index (χ2v) is 1.81. The molecule has 0 spiro atoms. The highest BCUT2D eigenvalue weighted by molar-refractivity contribution is 5.87. The van der Waals surface area contributed by atoms with Crippen molar-refractivity contribution in [3.63, 3.8) is 0 Å². The number of hydrogen-bond donors (Lipinski definition) is 2. The molecule has 0 unspecified atom stereocenters. The molecule has 2 N–H and O–H groups in total. The Morgan fingerprint density at radius 3 is 2.55 bits per heavy atom. The van der Waals surface area contributed by atoms with Crippen LogP contribution in [0.15, 0.2) is 21.3 Å². The van der Waals surface area contributed by atoms with E-state index >= 15 is 0 Å². The summed E-state index contributed by atoms with van der Waals surface area (Å²) in [5, 5.41) is 17.0. The lowest BCUT2D eigenvalue weighted by molar-refractivity contribution is 0.0694. The van der Waals surface area contributed by atoms with Crippen molar-refractivity contribution in [1.29, 1.82) is 0 Å². The van der Waals surface area contributed by atoms with E-state index in [0.29, 0.717) is 0 Å². The largest absolute Gasteiger partial charge is 0.481 e. The fraction of sp³-hybridized carbons (Fsp3) is 0. The van der Waals surface area contributed by atoms with Gasteiger partial charge in [-0.3, -0.25) is 0 Å². The molecule has 5 nitrogen and oxygen atoms in total. The van der Waals surface area contributed by atoms with Crippen LogP contribution in [-0.4, -0.2) is 16.2 Å². The molecule has 1 aromatic rings. The Bertz CT molecular complexity index is 337. The Morgan fingerprint density at radius 1 is 1.45 bits per heavy atom. The van der Waals surface area contributed by atoms with Gasteiger partial charge in [0.2, 0.25) is 0 Å². The molecule has 0 atom stereocenters. The SMILES string of the molecule is O=C(O)c1cc(O)oc(=O)c1. The molecule has 0 aromatic carbocycles. The standard InChI is InChI=1S/C6H4O5/c7-4-1-3(6(9)10)2-5(8)11-4/h1-2,7H,(H,9,10). The molecule has 0 saturated carbocycles. The number of hydrogen-bond acceptors (Lipinski definition) is 4. The minimum atomic E-state index is -1.28. The lowest BCUT2D eigenvalue weighted by Gasteiger charge is -1.91. The maximum absolute atomic E-state index is 10.4. The third-order valence-electron chi connectivity index (χ3n) is 1.00. The highest BCUT2D eigenvalue weighted by atomic mass is 16.5. The summed E-state index contributed by atoms with van der Waals surface area (Å²) in [6, 6.07) is 1.63. The van der Waals surface area contributed by atoms with E-state index in [1.807, 2.05) is 0 Å². The molecule has 1 aromatic heterocycles. The maximum atomic E-state index is 10.4. The van der Waals surface area contributed by atoms with E-state index in [2.05, 4.69) is 4.42 Å². The van der Waals surface area contributed by atoms with Gasteiger partial charge in [-0.1, -0.05) is 0 Å². The minimum Gasteiger partial charge on any atom is -0.481 e. The van der Waals surface area contributed by atoms with Gasteiger partial charge < -0.3 is 14.6 Å². The number of carboxylic acid groups (broad SMARTS) is 1. The van der Waals surface area contributed by atoms with Crippen molar-refractivity contribution in [2.75, 3.05) is 0 Å². The molecule has 0 amide bonds. The number of rotatable bonds is 1. The fourth-order valence-electron chi connectivity index (χ4n) is 0.587. The monoisotopic (exact) mass is 156 g/mol. The molecular weight excluding hydrogens is 152 g/mol. The average Bonchev–Trinajstić information content (AvgIpc) is 1.85. The van der Waals surface area contributed by atoms with E-state index in [-0.39, 0.29) is 5.56 Å². The molecule has 0 saturated heterocycles. The predicted octanol–water partition coefficient (Wildman–Crippen LogP) is 0.0436. The van der Waals surface area contributed by atoms with E-state index in [9.17, 15) is 9.59 Å². The van der Waals surface area contributed by atoms with Crippen molar-refractivity contribution < 1.29 is 19.4 Å². The summed E-state index contributed by atoms with van der Waals surface area (Å²) in [6.07, 6.45) is 0. The van der Waals surface area contributed by atoms with E-state index in [0.717, 1.165) is 12.1 Å². The third kappa shape index (κ3) is 1.57. The molecule has 0 fully saturated rings. The van der Waals surface area contributed by atoms with Gasteiger partial charge in [-0.25, -0.2) is 9.59 Å². The highest BCUT2D eigenvalue weighted by Crippen LogP contribution is 2.06. The van der Waals surface area contributed by atoms with Crippen molar-refractivity contribution in [3.05, 3.63) is 28.1 Å². The van der Waals surface area contributed by atoms with Crippen molar-refractivity contribution in [3.8, 4) is 5.95 Å². The van der Waals surface area contributed by atoms with Gasteiger partial charge in [0.05, 0.1) is 5.56 Å². The molecule has 1 rings (SSSR count). The van der Waals surface area contributed by atoms with Crippen LogP contribution in [0.3, 0.4) is 0 Å². The Labute approximate surface area is 60.5 Å². The van der Waals surface area contributed by atoms with Gasteiger partial charge in [-0.2, -0.15) is 0 Å². The molecule has 0 aliphatic rings. The van der Waals surface area contributed by atoms with Gasteiger partial charge in [-0.15, -0.1) is 0 Å². The zero-order valence-electron chi connectivity index (χ0n) is 5.27. The van der Waals surface area contributed by atoms with Crippen LogP contribution in [-0.2, 0) is 0 Å². The Balaban J connectivity index is 3.30. The first-order chi connectivity index (χ1) is 5.09. The summed E-state index contributed by atoms with van der Waals surface area (Å²) in [5.41, 5.74) is -1.18. The molecule has 0 bridgehead atoms. The molecule has 11 heavy (non-hydrogen) atoms. The second-order valence-electron chi connectivity index (χ2n) is 1.81. The van der Waals surface area contributed by atoms with Crippen LogP contribution < -0.4 is 5.63 Å². The highest BCUT2D eigenvalue weighted by Gasteiger charge is 2.05. The van der Waals surface area contributed by atoms with Crippen LogP contribution in [0, 0.1) is 0 Å². The van der Waals surface area contributed by atoms with Gasteiger partial charge in [-0.05, 0) is 0 Å². The van der Waals surface area contributed by atoms with Gasteiger partial charge in [0.25, 0.3) is 5.95 Å². The molecule has 5 heteroatoms. The number of carboxylic acids is 1. The van der Waals surface area contributed by atoms with Crippen molar-refractivity contribution in [2.45, 2.75) is 0 Å². The van der Waals surface area contributed by atoms with Crippen LogP contribution in [0.4, 0.5) is 0 Å². The van der Waals surface area contributed by atoms with Crippen LogP contribution in [0.2, 0.25) is 0 Å². The topological polar surface area (TPSA) is 87.7 Å². The lowest BCUT2D eigenvalue weighted by Crippen LogP contribution is -2.03. The van der Waals surface area contributed by atoms with Crippen molar-refractivity contribution in [1.82, 2.24) is 0 Å². The van der Waals surface area contributed by atoms with Gasteiger partial charge in [0.15, 0.2) is 0 Å². The van der Waals surface area contributed by atoms with Crippen LogP contribution in [0.1, 0.15) is 10.4 Å². The zero-order chi connectivity index (χ0) is 8.43. The number of aromatic carboxylic acids is 1. The third-order valence-corrected chi connectivity index (χ3v) is 1.00. The Morgan fingerprint density at radius 2 is 2.09 bits per heavy atom. The Kier molecular flexibility index (Phi) is 1.63. The summed E-state index contributed by atoms with van der Waals surface area (Å²) < 4.78 is 4.10. The van der Waals surface area contributed by atoms with Gasteiger partial charge in [0.1, 0.15) is 0 Å². The van der Waals surface area contributed by atoms with Gasteiger partial charge in [0, 0.05) is 12.1 Å². The van der Waals surface area contributed by atoms with Crippen molar-refractivity contribution >= 4 is 5.97 Å². The van der Waals surface area contributed by atoms with Gasteiger partial charge >= 0.3 is 11.6 Å². The molecule has 1 heterocycles. The maximum Gasteiger partial charge on any atom is 0.339 e. The minimum absolute atomic E-state index is 0.293. The number of aromatic hydroxyl groups is 1. The molecule has 0 radical (unpaired) electrons. The smallest absolute Gasteiger partial charge is 0.339 e. The molecule has 58 valence electrons. The molecule has 0 aliphatic heterocycles. The average molecular weight is 156 g/mol. The summed E-state index contributed by atoms with van der Waals surface area (Å²) in [5.74, 6) is -1.98. The van der Waals surface area contributed by atoms with Crippen LogP contribution in [0.25, 0.3) is 0 Å². The first-order valence-electron chi connectivity index (χ1n) is 2.67. The van der Waals surface area contributed by atoms with E-state index in [1.165, 1.54) is 0 Å². The quantitative estimate of drug-likeness (QED) is 0.599. The van der Waals surface area contributed by atoms with E-state index in [4.69, 9.17) is 10.2 Å². The van der Waals surface area contributed by atoms with Crippen LogP contribution in [0.5, 0.6) is 5.95 Å². The first kappa shape index (κ1) is 7.33. The summed E-state index contributed by atoms with van der Waals surface area (Å²) in [4.78, 5) is 20.6. The Hall–Kier alpha value is -1.78.